The van der Waals surface area contributed by atoms with Gasteiger partial charge in [-0.1, -0.05) is 38.5 Å². The lowest BCUT2D eigenvalue weighted by Crippen LogP contribution is -2.28. The zero-order valence-corrected chi connectivity index (χ0v) is 20.7. The molecule has 0 bridgehead atoms. The molecular weight excluding hydrogens is 410 g/mol. The highest BCUT2D eigenvalue weighted by molar-refractivity contribution is 5.77. The molecule has 0 saturated carbocycles. The molecule has 0 atom stereocenters. The average Bonchev–Trinajstić information content (AvgIpc) is 3.12. The minimum absolute atomic E-state index is 0.0521. The van der Waals surface area contributed by atoms with Crippen molar-refractivity contribution in [1.82, 2.24) is 14.9 Å². The number of rotatable bonds is 13. The number of hydrogen-bond donors (Lipinski definition) is 1. The lowest BCUT2D eigenvalue weighted by atomic mass is 10.1. The molecule has 5 nitrogen and oxygen atoms in total. The van der Waals surface area contributed by atoms with Gasteiger partial charge in [-0.2, -0.15) is 0 Å². The van der Waals surface area contributed by atoms with Crippen molar-refractivity contribution in [2.75, 3.05) is 13.2 Å². The summed E-state index contributed by atoms with van der Waals surface area (Å²) in [7, 11) is 0. The number of carbonyl (C=O) groups is 1. The standard InChI is InChI=1S/C28H39N3O2/c1-21(2)28(32)29-15-9-5-6-14-27-30-25-12-7-8-13-26(25)31(27)16-10-11-17-33-24-19-22(3)18-23(4)20-24/h7-8,12-13,18-21H,5-6,9-11,14-17H2,1-4H3,(H,29,32). The maximum atomic E-state index is 11.7. The number of hydrogen-bond acceptors (Lipinski definition) is 3. The molecule has 3 rings (SSSR count). The predicted octanol–water partition coefficient (Wildman–Crippen LogP) is 6.00. The zero-order chi connectivity index (χ0) is 23.6. The smallest absolute Gasteiger partial charge is 0.222 e. The first kappa shape index (κ1) is 24.8. The Morgan fingerprint density at radius 2 is 1.76 bits per heavy atom. The van der Waals surface area contributed by atoms with E-state index in [0.29, 0.717) is 0 Å². The molecule has 0 unspecified atom stereocenters. The average molecular weight is 450 g/mol. The van der Waals surface area contributed by atoms with Gasteiger partial charge in [-0.25, -0.2) is 4.98 Å². The van der Waals surface area contributed by atoms with Crippen LogP contribution in [0.25, 0.3) is 11.0 Å². The van der Waals surface area contributed by atoms with Gasteiger partial charge in [0.2, 0.25) is 5.91 Å². The number of nitrogens with one attached hydrogen (secondary N) is 1. The van der Waals surface area contributed by atoms with E-state index in [1.165, 1.54) is 16.6 Å². The Morgan fingerprint density at radius 1 is 1.00 bits per heavy atom. The summed E-state index contributed by atoms with van der Waals surface area (Å²) in [6.45, 7) is 10.5. The number of amides is 1. The highest BCUT2D eigenvalue weighted by Crippen LogP contribution is 2.20. The summed E-state index contributed by atoms with van der Waals surface area (Å²) in [4.78, 5) is 16.6. The molecule has 0 aliphatic rings. The SMILES string of the molecule is Cc1cc(C)cc(OCCCCn2c(CCCCCNC(=O)C(C)C)nc3ccccc32)c1. The Balaban J connectivity index is 1.47. The monoisotopic (exact) mass is 449 g/mol. The van der Waals surface area contributed by atoms with E-state index in [-0.39, 0.29) is 11.8 Å². The van der Waals surface area contributed by atoms with Crippen molar-refractivity contribution in [2.24, 2.45) is 5.92 Å². The second-order valence-electron chi connectivity index (χ2n) is 9.30. The number of para-hydroxylation sites is 2. The molecule has 0 radical (unpaired) electrons. The fourth-order valence-electron chi connectivity index (χ4n) is 4.14. The molecule has 1 heterocycles. The van der Waals surface area contributed by atoms with Gasteiger partial charge in [-0.3, -0.25) is 4.79 Å². The third kappa shape index (κ3) is 7.62. The number of aryl methyl sites for hydroxylation is 4. The molecule has 1 N–H and O–H groups in total. The van der Waals surface area contributed by atoms with Crippen LogP contribution < -0.4 is 10.1 Å². The van der Waals surface area contributed by atoms with E-state index in [2.05, 4.69) is 66.2 Å². The Labute approximate surface area is 198 Å². The van der Waals surface area contributed by atoms with Crippen LogP contribution >= 0.6 is 0 Å². The van der Waals surface area contributed by atoms with Crippen molar-refractivity contribution < 1.29 is 9.53 Å². The molecule has 2 aromatic carbocycles. The molecule has 3 aromatic rings. The van der Waals surface area contributed by atoms with E-state index in [1.807, 2.05) is 13.8 Å². The molecule has 0 aliphatic carbocycles. The van der Waals surface area contributed by atoms with E-state index in [4.69, 9.17) is 9.72 Å². The lowest BCUT2D eigenvalue weighted by Gasteiger charge is -2.11. The van der Waals surface area contributed by atoms with E-state index in [1.54, 1.807) is 0 Å². The second-order valence-corrected chi connectivity index (χ2v) is 9.30. The number of nitrogens with zero attached hydrogens (tertiary/aromatic N) is 2. The van der Waals surface area contributed by atoms with Crippen LogP contribution in [0.4, 0.5) is 0 Å². The van der Waals surface area contributed by atoms with E-state index in [0.717, 1.165) is 75.3 Å². The van der Waals surface area contributed by atoms with Gasteiger partial charge in [0.1, 0.15) is 11.6 Å². The Morgan fingerprint density at radius 3 is 2.52 bits per heavy atom. The molecule has 0 aliphatic heterocycles. The first-order valence-electron chi connectivity index (χ1n) is 12.4. The zero-order valence-electron chi connectivity index (χ0n) is 20.7. The van der Waals surface area contributed by atoms with Crippen LogP contribution in [-0.4, -0.2) is 28.6 Å². The fourth-order valence-corrected chi connectivity index (χ4v) is 4.14. The number of imidazole rings is 1. The van der Waals surface area contributed by atoms with E-state index < -0.39 is 0 Å². The van der Waals surface area contributed by atoms with Gasteiger partial charge in [0.05, 0.1) is 17.6 Å². The van der Waals surface area contributed by atoms with Gasteiger partial charge in [0.15, 0.2) is 0 Å². The Kier molecular flexibility index (Phi) is 9.35. The summed E-state index contributed by atoms with van der Waals surface area (Å²) in [5, 5.41) is 3.00. The summed E-state index contributed by atoms with van der Waals surface area (Å²) >= 11 is 0. The van der Waals surface area contributed by atoms with Gasteiger partial charge in [-0.05, 0) is 74.9 Å². The summed E-state index contributed by atoms with van der Waals surface area (Å²) in [6, 6.07) is 14.8. The summed E-state index contributed by atoms with van der Waals surface area (Å²) in [6.07, 6.45) is 6.20. The molecule has 1 amide bonds. The Hall–Kier alpha value is -2.82. The summed E-state index contributed by atoms with van der Waals surface area (Å²) < 4.78 is 8.37. The first-order valence-corrected chi connectivity index (χ1v) is 12.4. The number of benzene rings is 2. The minimum Gasteiger partial charge on any atom is -0.494 e. The van der Waals surface area contributed by atoms with Gasteiger partial charge < -0.3 is 14.6 Å². The van der Waals surface area contributed by atoms with E-state index >= 15 is 0 Å². The van der Waals surface area contributed by atoms with Crippen molar-refractivity contribution in [3.05, 3.63) is 59.4 Å². The van der Waals surface area contributed by atoms with Crippen LogP contribution in [0.3, 0.4) is 0 Å². The molecular formula is C28H39N3O2. The van der Waals surface area contributed by atoms with Crippen molar-refractivity contribution in [3.63, 3.8) is 0 Å². The highest BCUT2D eigenvalue weighted by Gasteiger charge is 2.10. The highest BCUT2D eigenvalue weighted by atomic mass is 16.5. The van der Waals surface area contributed by atoms with Crippen LogP contribution in [0, 0.1) is 19.8 Å². The number of fused-ring (bicyclic) bond motifs is 1. The third-order valence-corrected chi connectivity index (χ3v) is 5.87. The fraction of sp³-hybridized carbons (Fsp3) is 0.500. The van der Waals surface area contributed by atoms with Crippen LogP contribution in [0.15, 0.2) is 42.5 Å². The van der Waals surface area contributed by atoms with Gasteiger partial charge in [-0.15, -0.1) is 0 Å². The second kappa shape index (κ2) is 12.4. The summed E-state index contributed by atoms with van der Waals surface area (Å²) in [5.41, 5.74) is 4.76. The molecule has 0 fully saturated rings. The van der Waals surface area contributed by atoms with Gasteiger partial charge >= 0.3 is 0 Å². The molecule has 0 saturated heterocycles. The lowest BCUT2D eigenvalue weighted by molar-refractivity contribution is -0.123. The first-order chi connectivity index (χ1) is 15.9. The van der Waals surface area contributed by atoms with Crippen molar-refractivity contribution in [1.29, 1.82) is 0 Å². The molecule has 33 heavy (non-hydrogen) atoms. The minimum atomic E-state index is 0.0521. The maximum Gasteiger partial charge on any atom is 0.222 e. The quantitative estimate of drug-likeness (QED) is 0.326. The number of ether oxygens (including phenoxy) is 1. The van der Waals surface area contributed by atoms with Crippen molar-refractivity contribution >= 4 is 16.9 Å². The third-order valence-electron chi connectivity index (χ3n) is 5.87. The largest absolute Gasteiger partial charge is 0.494 e. The number of carbonyl (C=O) groups excluding carboxylic acids is 1. The van der Waals surface area contributed by atoms with Crippen LogP contribution in [0.5, 0.6) is 5.75 Å². The topological polar surface area (TPSA) is 56.1 Å². The number of aromatic nitrogens is 2. The maximum absolute atomic E-state index is 11.7. The van der Waals surface area contributed by atoms with Crippen molar-refractivity contribution in [3.8, 4) is 5.75 Å². The molecule has 178 valence electrons. The van der Waals surface area contributed by atoms with Gasteiger partial charge in [0, 0.05) is 25.4 Å². The van der Waals surface area contributed by atoms with Crippen LogP contribution in [0.2, 0.25) is 0 Å². The predicted molar refractivity (Wildman–Crippen MR) is 136 cm³/mol. The Bertz CT molecular complexity index is 1020. The molecule has 5 heteroatoms. The summed E-state index contributed by atoms with van der Waals surface area (Å²) in [5.74, 6) is 2.32. The normalized spacial score (nSPS) is 11.3. The van der Waals surface area contributed by atoms with Crippen LogP contribution in [-0.2, 0) is 17.8 Å². The molecule has 0 spiro atoms. The number of unbranched alkanes of at least 4 members (excludes halogenated alkanes) is 3. The van der Waals surface area contributed by atoms with Gasteiger partial charge in [0.25, 0.3) is 0 Å². The van der Waals surface area contributed by atoms with Crippen LogP contribution in [0.1, 0.15) is 62.9 Å². The van der Waals surface area contributed by atoms with E-state index in [9.17, 15) is 4.79 Å². The molecule has 1 aromatic heterocycles. The van der Waals surface area contributed by atoms with Crippen molar-refractivity contribution in [2.45, 2.75) is 72.8 Å².